The van der Waals surface area contributed by atoms with Crippen LogP contribution >= 0.6 is 0 Å². The number of benzene rings is 2. The van der Waals surface area contributed by atoms with Gasteiger partial charge in [-0.3, -0.25) is 9.69 Å². The van der Waals surface area contributed by atoms with Gasteiger partial charge >= 0.3 is 0 Å². The zero-order chi connectivity index (χ0) is 27.2. The van der Waals surface area contributed by atoms with E-state index in [1.807, 2.05) is 53.4 Å². The molecule has 0 unspecified atom stereocenters. The fourth-order valence-electron chi connectivity index (χ4n) is 4.54. The van der Waals surface area contributed by atoms with Gasteiger partial charge < -0.3 is 24.6 Å². The Morgan fingerprint density at radius 2 is 1.63 bits per heavy atom. The summed E-state index contributed by atoms with van der Waals surface area (Å²) in [7, 11) is 1.61. The van der Waals surface area contributed by atoms with E-state index in [-0.39, 0.29) is 12.3 Å². The maximum atomic E-state index is 13.8. The second-order valence-electron chi connectivity index (χ2n) is 9.87. The number of hydrogen-bond donors (Lipinski definition) is 2. The molecule has 3 atom stereocenters. The zero-order valence-electron chi connectivity index (χ0n) is 22.7. The first-order chi connectivity index (χ1) is 18.5. The molecule has 2 N–H and O–H groups in total. The molecule has 0 spiro atoms. The Hall–Kier alpha value is -2.84. The van der Waals surface area contributed by atoms with Crippen LogP contribution in [0.1, 0.15) is 63.5 Å². The number of ether oxygens (including phenoxy) is 3. The minimum atomic E-state index is -0.924. The van der Waals surface area contributed by atoms with Crippen molar-refractivity contribution < 1.29 is 28.5 Å². The zero-order valence-corrected chi connectivity index (χ0v) is 22.7. The summed E-state index contributed by atoms with van der Waals surface area (Å²) in [5, 5.41) is 14.2. The first-order valence-electron chi connectivity index (χ1n) is 13.8. The Labute approximate surface area is 226 Å². The molecule has 1 aliphatic heterocycles. The maximum absolute atomic E-state index is 13.8. The summed E-state index contributed by atoms with van der Waals surface area (Å²) >= 11 is 0. The molecular formula is C30H43FN2O5. The first-order valence-corrected chi connectivity index (χ1v) is 13.8. The molecule has 7 nitrogen and oxygen atoms in total. The molecular weight excluding hydrogens is 487 g/mol. The van der Waals surface area contributed by atoms with Gasteiger partial charge in [-0.15, -0.1) is 0 Å². The van der Waals surface area contributed by atoms with Crippen molar-refractivity contribution in [2.75, 3.05) is 40.0 Å². The number of methoxy groups -OCH3 is 1. The molecule has 3 rings (SSSR count). The van der Waals surface area contributed by atoms with Crippen LogP contribution in [0.5, 0.6) is 17.2 Å². The lowest BCUT2D eigenvalue weighted by molar-refractivity contribution is -0.123. The highest BCUT2D eigenvalue weighted by Gasteiger charge is 2.29. The maximum Gasteiger partial charge on any atom is 0.220 e. The van der Waals surface area contributed by atoms with Crippen LogP contribution in [0.2, 0.25) is 0 Å². The number of carbonyl (C=O) groups excluding carboxylic acids is 1. The summed E-state index contributed by atoms with van der Waals surface area (Å²) < 4.78 is 30.4. The van der Waals surface area contributed by atoms with Crippen LogP contribution in [0.15, 0.2) is 48.5 Å². The predicted octanol–water partition coefficient (Wildman–Crippen LogP) is 5.08. The summed E-state index contributed by atoms with van der Waals surface area (Å²) in [5.41, 5.74) is 0.687. The van der Waals surface area contributed by atoms with Crippen molar-refractivity contribution >= 4 is 5.91 Å². The standard InChI is InChI=1S/C30H43FN2O5/c1-3-4-5-6-19-37-26-11-9-23(10-12-26)30(35)28(22-33-18-17-24(31)21-33)32-29(34)8-7-20-38-27-15-13-25(36-2)14-16-27/h9-16,24,28,30,35H,3-8,17-22H2,1-2H3,(H,32,34)/t24-,28-,30-/m1/s1. The van der Waals surface area contributed by atoms with Crippen LogP contribution in [0.25, 0.3) is 0 Å². The molecule has 0 radical (unpaired) electrons. The van der Waals surface area contributed by atoms with Crippen molar-refractivity contribution in [1.29, 1.82) is 0 Å². The van der Waals surface area contributed by atoms with Gasteiger partial charge in [0.05, 0.1) is 26.4 Å². The van der Waals surface area contributed by atoms with Crippen molar-refractivity contribution in [2.45, 2.75) is 70.2 Å². The van der Waals surface area contributed by atoms with Gasteiger partial charge in [0.1, 0.15) is 29.5 Å². The average Bonchev–Trinajstić information content (AvgIpc) is 3.35. The number of likely N-dealkylation sites (tertiary alicyclic amines) is 1. The highest BCUT2D eigenvalue weighted by Crippen LogP contribution is 2.23. The molecule has 8 heteroatoms. The second kappa shape index (κ2) is 16.2. The fraction of sp³-hybridized carbons (Fsp3) is 0.567. The summed E-state index contributed by atoms with van der Waals surface area (Å²) in [6.45, 7) is 4.55. The Bertz CT molecular complexity index is 941. The van der Waals surface area contributed by atoms with Gasteiger partial charge in [0, 0.05) is 26.1 Å². The summed E-state index contributed by atoms with van der Waals surface area (Å²) in [6, 6.07) is 14.1. The van der Waals surface area contributed by atoms with Crippen LogP contribution in [0.4, 0.5) is 4.39 Å². The van der Waals surface area contributed by atoms with Crippen LogP contribution in [0, 0.1) is 0 Å². The van der Waals surface area contributed by atoms with E-state index < -0.39 is 18.3 Å². The molecule has 0 aromatic heterocycles. The molecule has 0 bridgehead atoms. The van der Waals surface area contributed by atoms with E-state index >= 15 is 0 Å². The van der Waals surface area contributed by atoms with E-state index in [1.54, 1.807) is 7.11 Å². The monoisotopic (exact) mass is 530 g/mol. The molecule has 0 saturated carbocycles. The lowest BCUT2D eigenvalue weighted by Crippen LogP contribution is -2.47. The fourth-order valence-corrected chi connectivity index (χ4v) is 4.54. The number of amides is 1. The molecule has 1 heterocycles. The van der Waals surface area contributed by atoms with Crippen molar-refractivity contribution in [3.63, 3.8) is 0 Å². The minimum Gasteiger partial charge on any atom is -0.497 e. The van der Waals surface area contributed by atoms with E-state index in [1.165, 1.54) is 12.8 Å². The SMILES string of the molecule is CCCCCCOc1ccc([C@@H](O)[C@@H](CN2CC[C@@H](F)C2)NC(=O)CCCOc2ccc(OC)cc2)cc1. The third-order valence-corrected chi connectivity index (χ3v) is 6.76. The number of aliphatic hydroxyl groups excluding tert-OH is 1. The number of unbranched alkanes of at least 4 members (excludes halogenated alkanes) is 3. The first kappa shape index (κ1) is 29.7. The summed E-state index contributed by atoms with van der Waals surface area (Å²) in [6.07, 6.45) is 4.03. The summed E-state index contributed by atoms with van der Waals surface area (Å²) in [4.78, 5) is 14.7. The van der Waals surface area contributed by atoms with Gasteiger partial charge in [0.25, 0.3) is 0 Å². The van der Waals surface area contributed by atoms with Gasteiger partial charge in [-0.1, -0.05) is 38.3 Å². The minimum absolute atomic E-state index is 0.171. The lowest BCUT2D eigenvalue weighted by atomic mass is 10.0. The van der Waals surface area contributed by atoms with Crippen LogP contribution in [0.3, 0.4) is 0 Å². The quantitative estimate of drug-likeness (QED) is 0.278. The molecule has 0 aliphatic carbocycles. The number of aliphatic hydroxyl groups is 1. The summed E-state index contributed by atoms with van der Waals surface area (Å²) in [5.74, 6) is 2.05. The largest absolute Gasteiger partial charge is 0.497 e. The molecule has 210 valence electrons. The van der Waals surface area contributed by atoms with Gasteiger partial charge in [-0.25, -0.2) is 4.39 Å². The number of carbonyl (C=O) groups is 1. The van der Waals surface area contributed by atoms with Crippen molar-refractivity contribution in [3.8, 4) is 17.2 Å². The average molecular weight is 531 g/mol. The predicted molar refractivity (Wildman–Crippen MR) is 147 cm³/mol. The third kappa shape index (κ3) is 10.1. The van der Waals surface area contributed by atoms with E-state index in [2.05, 4.69) is 12.2 Å². The normalized spacial score (nSPS) is 17.1. The highest BCUT2D eigenvalue weighted by atomic mass is 19.1. The Morgan fingerprint density at radius 3 is 2.24 bits per heavy atom. The molecule has 1 saturated heterocycles. The third-order valence-electron chi connectivity index (χ3n) is 6.76. The van der Waals surface area contributed by atoms with Crippen LogP contribution < -0.4 is 19.5 Å². The van der Waals surface area contributed by atoms with Gasteiger partial charge in [-0.2, -0.15) is 0 Å². The molecule has 38 heavy (non-hydrogen) atoms. The van der Waals surface area contributed by atoms with Crippen LogP contribution in [-0.2, 0) is 4.79 Å². The number of hydrogen-bond acceptors (Lipinski definition) is 6. The van der Waals surface area contributed by atoms with E-state index in [4.69, 9.17) is 14.2 Å². The number of nitrogens with one attached hydrogen (secondary N) is 1. The van der Waals surface area contributed by atoms with Crippen molar-refractivity contribution in [3.05, 3.63) is 54.1 Å². The van der Waals surface area contributed by atoms with Gasteiger partial charge in [-0.05, 0) is 61.2 Å². The molecule has 2 aromatic carbocycles. The molecule has 2 aromatic rings. The Morgan fingerprint density at radius 1 is 1.00 bits per heavy atom. The smallest absolute Gasteiger partial charge is 0.220 e. The number of nitrogens with zero attached hydrogens (tertiary/aromatic N) is 1. The molecule has 1 amide bonds. The van der Waals surface area contributed by atoms with E-state index in [0.717, 1.165) is 24.3 Å². The number of halogens is 1. The Balaban J connectivity index is 1.50. The number of rotatable bonds is 17. The molecule has 1 fully saturated rings. The topological polar surface area (TPSA) is 80.3 Å². The highest BCUT2D eigenvalue weighted by molar-refractivity contribution is 5.76. The number of alkyl halides is 1. The van der Waals surface area contributed by atoms with E-state index in [0.29, 0.717) is 57.0 Å². The molecule has 1 aliphatic rings. The lowest BCUT2D eigenvalue weighted by Gasteiger charge is -2.29. The van der Waals surface area contributed by atoms with Crippen molar-refractivity contribution in [2.24, 2.45) is 0 Å². The van der Waals surface area contributed by atoms with E-state index in [9.17, 15) is 14.3 Å². The van der Waals surface area contributed by atoms with Gasteiger partial charge in [0.2, 0.25) is 5.91 Å². The van der Waals surface area contributed by atoms with Gasteiger partial charge in [0.15, 0.2) is 0 Å². The van der Waals surface area contributed by atoms with Crippen LogP contribution in [-0.4, -0.2) is 68.1 Å². The second-order valence-corrected chi connectivity index (χ2v) is 9.87. The van der Waals surface area contributed by atoms with Crippen molar-refractivity contribution in [1.82, 2.24) is 10.2 Å². The Kier molecular flexibility index (Phi) is 12.7.